The molecule has 0 unspecified atom stereocenters. The first-order valence-corrected chi connectivity index (χ1v) is 22.4. The Labute approximate surface area is 342 Å². The van der Waals surface area contributed by atoms with Crippen LogP contribution < -0.4 is 0 Å². The highest BCUT2D eigenvalue weighted by molar-refractivity contribution is 7.46. The minimum Gasteiger partial charge on any atom is -0.462 e. The fourth-order valence-corrected chi connectivity index (χ4v) is 5.51. The van der Waals surface area contributed by atoms with Gasteiger partial charge in [0.1, 0.15) is 6.61 Å². The minimum absolute atomic E-state index is 0.0800. The average molecular weight is 821 g/mol. The number of hydrogen-bond acceptors (Lipinski definition) is 9. The number of phosphoric acid groups is 1. The van der Waals surface area contributed by atoms with Crippen LogP contribution in [0.3, 0.4) is 0 Å². The molecule has 57 heavy (non-hydrogen) atoms. The van der Waals surface area contributed by atoms with E-state index < -0.39 is 57.4 Å². The van der Waals surface area contributed by atoms with Crippen LogP contribution in [0, 0.1) is 0 Å². The molecule has 0 heterocycles. The molecule has 0 saturated carbocycles. The summed E-state index contributed by atoms with van der Waals surface area (Å²) in [5.41, 5.74) is 0. The second-order valence-corrected chi connectivity index (χ2v) is 15.1. The molecule has 0 amide bonds. The zero-order valence-corrected chi connectivity index (χ0v) is 35.4. The molecular weight excluding hydrogens is 747 g/mol. The van der Waals surface area contributed by atoms with E-state index in [0.29, 0.717) is 6.42 Å². The summed E-state index contributed by atoms with van der Waals surface area (Å²) < 4.78 is 26.1. The fraction of sp³-hybridized carbons (Fsp3) is 0.600. The maximum Gasteiger partial charge on any atom is 0.469 e. The van der Waals surface area contributed by atoms with Crippen molar-refractivity contribution in [1.29, 1.82) is 0 Å². The summed E-state index contributed by atoms with van der Waals surface area (Å²) in [5.74, 6) is -1.26. The van der Waals surface area contributed by atoms with Crippen molar-refractivity contribution in [2.75, 3.05) is 13.2 Å². The summed E-state index contributed by atoms with van der Waals surface area (Å²) in [6.07, 6.45) is 42.0. The van der Waals surface area contributed by atoms with Gasteiger partial charge in [0.25, 0.3) is 0 Å². The Morgan fingerprint density at radius 3 is 1.70 bits per heavy atom. The normalized spacial score (nSPS) is 15.1. The van der Waals surface area contributed by atoms with E-state index in [0.717, 1.165) is 64.2 Å². The standard InChI is InChI=1S/C45H73O11P/c1-3-5-7-8-9-10-11-12-13-14-15-16-17-18-19-20-21-26-30-36-44(49)54-38-41(39-55-57(51,52)53)56-45(50)37-31-35-43(48)42(47)34-29-25-23-22-24-28-33-40(46)32-27-6-4-2/h9-10,12-13,15-16,18-19,22-25,28-29,33-34,40-43,46-48H,3-8,11,14,17,20-21,26-27,30-32,35-39H2,1-2H3,(H2,51,52,53)/b10-9-,13-12-,16-15-,19-18-,24-22-,25-23+,33-28+,34-29+/t40-,41+,42-,43-/m0/s1. The van der Waals surface area contributed by atoms with Gasteiger partial charge in [0.2, 0.25) is 0 Å². The summed E-state index contributed by atoms with van der Waals surface area (Å²) >= 11 is 0. The highest BCUT2D eigenvalue weighted by Gasteiger charge is 2.23. The number of unbranched alkanes of at least 4 members (excludes halogenated alkanes) is 8. The van der Waals surface area contributed by atoms with Crippen LogP contribution in [0.1, 0.15) is 136 Å². The highest BCUT2D eigenvalue weighted by Crippen LogP contribution is 2.36. The summed E-state index contributed by atoms with van der Waals surface area (Å²) in [5, 5.41) is 30.3. The quantitative estimate of drug-likeness (QED) is 0.0134. The Balaban J connectivity index is 4.34. The lowest BCUT2D eigenvalue weighted by molar-refractivity contribution is -0.161. The Morgan fingerprint density at radius 2 is 1.11 bits per heavy atom. The van der Waals surface area contributed by atoms with E-state index in [1.165, 1.54) is 31.8 Å². The molecule has 0 radical (unpaired) electrons. The third-order valence-corrected chi connectivity index (χ3v) is 8.93. The van der Waals surface area contributed by atoms with Gasteiger partial charge in [-0.25, -0.2) is 4.57 Å². The van der Waals surface area contributed by atoms with E-state index in [-0.39, 0.29) is 25.7 Å². The molecule has 0 rings (SSSR count). The van der Waals surface area contributed by atoms with Crippen LogP contribution in [-0.2, 0) is 28.2 Å². The van der Waals surface area contributed by atoms with Crippen LogP contribution in [0.5, 0.6) is 0 Å². The van der Waals surface area contributed by atoms with Crippen molar-refractivity contribution < 1.29 is 53.3 Å². The summed E-state index contributed by atoms with van der Waals surface area (Å²) in [6, 6.07) is 0. The number of aliphatic hydroxyl groups is 3. The van der Waals surface area contributed by atoms with Crippen LogP contribution in [0.15, 0.2) is 97.2 Å². The number of hydrogen-bond donors (Lipinski definition) is 5. The lowest BCUT2D eigenvalue weighted by Crippen LogP contribution is -2.29. The van der Waals surface area contributed by atoms with Crippen molar-refractivity contribution in [3.8, 4) is 0 Å². The number of carbonyl (C=O) groups excluding carboxylic acids is 2. The van der Waals surface area contributed by atoms with E-state index >= 15 is 0 Å². The van der Waals surface area contributed by atoms with Gasteiger partial charge in [-0.05, 0) is 70.6 Å². The van der Waals surface area contributed by atoms with Gasteiger partial charge in [-0.15, -0.1) is 0 Å². The maximum absolute atomic E-state index is 12.4. The van der Waals surface area contributed by atoms with Crippen LogP contribution in [0.4, 0.5) is 0 Å². The molecule has 11 nitrogen and oxygen atoms in total. The van der Waals surface area contributed by atoms with E-state index in [1.807, 2.05) is 0 Å². The number of rotatable bonds is 36. The number of phosphoric ester groups is 1. The molecule has 0 fully saturated rings. The fourth-order valence-electron chi connectivity index (χ4n) is 5.15. The molecule has 0 saturated heterocycles. The molecule has 0 bridgehead atoms. The van der Waals surface area contributed by atoms with Crippen LogP contribution in [0.25, 0.3) is 0 Å². The zero-order chi connectivity index (χ0) is 42.2. The van der Waals surface area contributed by atoms with Gasteiger partial charge in [-0.1, -0.05) is 150 Å². The van der Waals surface area contributed by atoms with Crippen molar-refractivity contribution >= 4 is 19.8 Å². The zero-order valence-electron chi connectivity index (χ0n) is 34.5. The molecule has 0 aliphatic heterocycles. The Hall–Kier alpha value is -3.15. The minimum atomic E-state index is -4.87. The summed E-state index contributed by atoms with van der Waals surface area (Å²) in [4.78, 5) is 42.9. The van der Waals surface area contributed by atoms with Crippen molar-refractivity contribution in [3.63, 3.8) is 0 Å². The number of ether oxygens (including phenoxy) is 2. The first kappa shape index (κ1) is 53.9. The third-order valence-electron chi connectivity index (χ3n) is 8.44. The molecule has 0 aliphatic rings. The predicted octanol–water partition coefficient (Wildman–Crippen LogP) is 9.53. The first-order chi connectivity index (χ1) is 27.5. The topological polar surface area (TPSA) is 180 Å². The largest absolute Gasteiger partial charge is 0.469 e. The monoisotopic (exact) mass is 820 g/mol. The number of allylic oxidation sites excluding steroid dienone is 14. The average Bonchev–Trinajstić information content (AvgIpc) is 3.17. The van der Waals surface area contributed by atoms with E-state index in [2.05, 4.69) is 67.0 Å². The van der Waals surface area contributed by atoms with Crippen molar-refractivity contribution in [2.24, 2.45) is 0 Å². The van der Waals surface area contributed by atoms with Crippen LogP contribution in [0.2, 0.25) is 0 Å². The second kappa shape index (κ2) is 38.4. The Morgan fingerprint density at radius 1 is 0.579 bits per heavy atom. The number of aliphatic hydroxyl groups excluding tert-OH is 3. The van der Waals surface area contributed by atoms with Gasteiger partial charge in [0.05, 0.1) is 24.9 Å². The molecule has 0 aromatic rings. The predicted molar refractivity (Wildman–Crippen MR) is 229 cm³/mol. The summed E-state index contributed by atoms with van der Waals surface area (Å²) in [6.45, 7) is 3.22. The molecule has 0 aromatic heterocycles. The van der Waals surface area contributed by atoms with Crippen LogP contribution in [-0.4, -0.2) is 74.7 Å². The van der Waals surface area contributed by atoms with Gasteiger partial charge in [-0.2, -0.15) is 0 Å². The highest BCUT2D eigenvalue weighted by atomic mass is 31.2. The van der Waals surface area contributed by atoms with Crippen molar-refractivity contribution in [3.05, 3.63) is 97.2 Å². The summed E-state index contributed by atoms with van der Waals surface area (Å²) in [7, 11) is -4.87. The van der Waals surface area contributed by atoms with Crippen molar-refractivity contribution in [2.45, 2.75) is 160 Å². The maximum atomic E-state index is 12.4. The first-order valence-electron chi connectivity index (χ1n) is 20.9. The molecule has 12 heteroatoms. The lowest BCUT2D eigenvalue weighted by atomic mass is 10.1. The molecular formula is C45H73O11P. The lowest BCUT2D eigenvalue weighted by Gasteiger charge is -2.19. The van der Waals surface area contributed by atoms with Gasteiger partial charge in [0.15, 0.2) is 6.10 Å². The SMILES string of the molecule is CCCCC/C=C\C/C=C\C/C=C\C/C=C\CCCCCC(=O)OC[C@H](COP(=O)(O)O)OC(=O)CCC[C@H](O)[C@@H](O)/C=C/C=C/C=C\C=C\[C@@H](O)CCCCC. The molecule has 0 aliphatic carbocycles. The van der Waals surface area contributed by atoms with Crippen molar-refractivity contribution in [1.82, 2.24) is 0 Å². The van der Waals surface area contributed by atoms with E-state index in [9.17, 15) is 29.5 Å². The second-order valence-electron chi connectivity index (χ2n) is 13.8. The van der Waals surface area contributed by atoms with Gasteiger partial charge >= 0.3 is 19.8 Å². The molecule has 0 aromatic carbocycles. The Kier molecular flexibility index (Phi) is 36.3. The van der Waals surface area contributed by atoms with Gasteiger partial charge < -0.3 is 34.6 Å². The Bertz CT molecular complexity index is 1290. The smallest absolute Gasteiger partial charge is 0.462 e. The van der Waals surface area contributed by atoms with Gasteiger partial charge in [0, 0.05) is 12.8 Å². The van der Waals surface area contributed by atoms with E-state index in [1.54, 1.807) is 42.5 Å². The molecule has 0 spiro atoms. The molecule has 4 atom stereocenters. The van der Waals surface area contributed by atoms with Crippen LogP contribution >= 0.6 is 7.82 Å². The molecule has 324 valence electrons. The number of esters is 2. The number of carbonyl (C=O) groups is 2. The third kappa shape index (κ3) is 39.5. The van der Waals surface area contributed by atoms with E-state index in [4.69, 9.17) is 19.3 Å². The molecule has 5 N–H and O–H groups in total. The van der Waals surface area contributed by atoms with Gasteiger partial charge in [-0.3, -0.25) is 14.1 Å².